The minimum atomic E-state index is -0.111. The normalized spacial score (nSPS) is 15.3. The molecule has 2 heterocycles. The van der Waals surface area contributed by atoms with E-state index >= 15 is 0 Å². The molecule has 1 aliphatic heterocycles. The van der Waals surface area contributed by atoms with Gasteiger partial charge < -0.3 is 23.5 Å². The smallest absolute Gasteiger partial charge is 0.275 e. The molecule has 2 aromatic rings. The molecular weight excluding hydrogens is 386 g/mol. The van der Waals surface area contributed by atoms with Crippen molar-refractivity contribution in [2.75, 3.05) is 40.5 Å². The highest BCUT2D eigenvalue weighted by Crippen LogP contribution is 2.27. The van der Waals surface area contributed by atoms with Crippen LogP contribution in [-0.4, -0.2) is 67.3 Å². The van der Waals surface area contributed by atoms with E-state index in [1.54, 1.807) is 19.1 Å². The number of methoxy groups -OCH3 is 2. The average molecular weight is 418 g/mol. The molecule has 0 radical (unpaired) electrons. The van der Waals surface area contributed by atoms with Crippen molar-refractivity contribution >= 4 is 5.91 Å². The first-order valence-corrected chi connectivity index (χ1v) is 10.3. The van der Waals surface area contributed by atoms with Crippen molar-refractivity contribution < 1.29 is 23.4 Å². The van der Waals surface area contributed by atoms with E-state index in [1.807, 2.05) is 18.2 Å². The number of nitrogens with zero attached hydrogens (tertiary/aromatic N) is 3. The van der Waals surface area contributed by atoms with E-state index in [1.165, 1.54) is 6.26 Å². The Bertz CT molecular complexity index is 832. The number of benzene rings is 1. The number of carbonyl (C=O) groups excluding carboxylic acids is 1. The third-order valence-corrected chi connectivity index (χ3v) is 5.49. The molecule has 1 amide bonds. The molecule has 1 atom stereocenters. The maximum Gasteiger partial charge on any atom is 0.275 e. The lowest BCUT2D eigenvalue weighted by Crippen LogP contribution is -2.40. The fraction of sp³-hybridized carbons (Fsp3) is 0.545. The van der Waals surface area contributed by atoms with Gasteiger partial charge in [0, 0.05) is 37.3 Å². The summed E-state index contributed by atoms with van der Waals surface area (Å²) in [6, 6.07) is 6.11. The van der Waals surface area contributed by atoms with Gasteiger partial charge in [0.2, 0.25) is 5.89 Å². The molecule has 30 heavy (non-hydrogen) atoms. The molecular formula is C22H31N3O5. The van der Waals surface area contributed by atoms with Crippen molar-refractivity contribution in [3.63, 3.8) is 0 Å². The molecule has 0 spiro atoms. The van der Waals surface area contributed by atoms with E-state index < -0.39 is 0 Å². The van der Waals surface area contributed by atoms with Gasteiger partial charge in [-0.15, -0.1) is 0 Å². The standard InChI is InChI=1S/C22H31N3O5/c1-5-16(2)25(13-17-6-7-18(27-3)12-20(17)28-4)14-21-23-19(15-30-21)22(26)24-8-10-29-11-9-24/h6-7,12,15-16H,5,8-11,13-14H2,1-4H3. The Morgan fingerprint density at radius 2 is 2.00 bits per heavy atom. The molecule has 0 saturated carbocycles. The van der Waals surface area contributed by atoms with Gasteiger partial charge in [0.15, 0.2) is 5.69 Å². The van der Waals surface area contributed by atoms with E-state index in [2.05, 4.69) is 23.7 Å². The lowest BCUT2D eigenvalue weighted by molar-refractivity contribution is 0.0299. The fourth-order valence-corrected chi connectivity index (χ4v) is 3.41. The second kappa shape index (κ2) is 10.4. The molecule has 0 N–H and O–H groups in total. The summed E-state index contributed by atoms with van der Waals surface area (Å²) in [6.07, 6.45) is 2.43. The number of morpholine rings is 1. The SMILES string of the molecule is CCC(C)N(Cc1nc(C(=O)N2CCOCC2)co1)Cc1ccc(OC)cc1OC. The van der Waals surface area contributed by atoms with E-state index in [9.17, 15) is 4.79 Å². The Kier molecular flexibility index (Phi) is 7.70. The van der Waals surface area contributed by atoms with Gasteiger partial charge in [0.05, 0.1) is 34.0 Å². The molecule has 1 aromatic heterocycles. The molecule has 1 saturated heterocycles. The molecule has 1 aromatic carbocycles. The van der Waals surface area contributed by atoms with Gasteiger partial charge in [-0.25, -0.2) is 4.98 Å². The molecule has 8 heteroatoms. The van der Waals surface area contributed by atoms with Crippen LogP contribution in [-0.2, 0) is 17.8 Å². The summed E-state index contributed by atoms with van der Waals surface area (Å²) in [5, 5.41) is 0. The second-order valence-corrected chi connectivity index (χ2v) is 7.37. The molecule has 0 aliphatic carbocycles. The monoisotopic (exact) mass is 417 g/mol. The number of hydrogen-bond donors (Lipinski definition) is 0. The fourth-order valence-electron chi connectivity index (χ4n) is 3.41. The summed E-state index contributed by atoms with van der Waals surface area (Å²) >= 11 is 0. The first-order chi connectivity index (χ1) is 14.5. The van der Waals surface area contributed by atoms with Crippen LogP contribution in [0.4, 0.5) is 0 Å². The summed E-state index contributed by atoms with van der Waals surface area (Å²) in [5.41, 5.74) is 1.40. The molecule has 164 valence electrons. The minimum absolute atomic E-state index is 0.111. The predicted octanol–water partition coefficient (Wildman–Crippen LogP) is 2.96. The Morgan fingerprint density at radius 1 is 1.23 bits per heavy atom. The van der Waals surface area contributed by atoms with Crippen molar-refractivity contribution in [3.05, 3.63) is 41.6 Å². The maximum absolute atomic E-state index is 12.6. The van der Waals surface area contributed by atoms with Gasteiger partial charge in [-0.1, -0.05) is 13.0 Å². The number of ether oxygens (including phenoxy) is 3. The van der Waals surface area contributed by atoms with Gasteiger partial charge in [0.1, 0.15) is 17.8 Å². The van der Waals surface area contributed by atoms with Crippen LogP contribution in [0.5, 0.6) is 11.5 Å². The number of oxazole rings is 1. The van der Waals surface area contributed by atoms with Gasteiger partial charge in [-0.2, -0.15) is 0 Å². The van der Waals surface area contributed by atoms with E-state index in [4.69, 9.17) is 18.6 Å². The van der Waals surface area contributed by atoms with Crippen LogP contribution in [0.2, 0.25) is 0 Å². The van der Waals surface area contributed by atoms with E-state index in [0.29, 0.717) is 57.0 Å². The zero-order chi connectivity index (χ0) is 21.5. The zero-order valence-corrected chi connectivity index (χ0v) is 18.2. The van der Waals surface area contributed by atoms with Crippen LogP contribution in [0.3, 0.4) is 0 Å². The third kappa shape index (κ3) is 5.31. The van der Waals surface area contributed by atoms with Gasteiger partial charge in [-0.3, -0.25) is 9.69 Å². The van der Waals surface area contributed by atoms with Crippen LogP contribution in [0.15, 0.2) is 28.9 Å². The minimum Gasteiger partial charge on any atom is -0.497 e. The number of rotatable bonds is 9. The average Bonchev–Trinajstić information content (AvgIpc) is 3.26. The van der Waals surface area contributed by atoms with E-state index in [0.717, 1.165) is 23.5 Å². The number of hydrogen-bond acceptors (Lipinski definition) is 7. The molecule has 3 rings (SSSR count). The van der Waals surface area contributed by atoms with Crippen molar-refractivity contribution in [2.24, 2.45) is 0 Å². The van der Waals surface area contributed by atoms with Crippen LogP contribution in [0, 0.1) is 0 Å². The Morgan fingerprint density at radius 3 is 2.67 bits per heavy atom. The quantitative estimate of drug-likeness (QED) is 0.621. The molecule has 0 bridgehead atoms. The predicted molar refractivity (Wildman–Crippen MR) is 112 cm³/mol. The van der Waals surface area contributed by atoms with Crippen LogP contribution < -0.4 is 9.47 Å². The summed E-state index contributed by atoms with van der Waals surface area (Å²) in [7, 11) is 3.29. The molecule has 1 unspecified atom stereocenters. The Balaban J connectivity index is 1.73. The lowest BCUT2D eigenvalue weighted by atomic mass is 10.1. The highest BCUT2D eigenvalue weighted by molar-refractivity contribution is 5.92. The highest BCUT2D eigenvalue weighted by atomic mass is 16.5. The molecule has 1 aliphatic rings. The zero-order valence-electron chi connectivity index (χ0n) is 18.2. The summed E-state index contributed by atoms with van der Waals surface area (Å²) in [6.45, 7) is 7.75. The molecule has 1 fully saturated rings. The third-order valence-electron chi connectivity index (χ3n) is 5.49. The first-order valence-electron chi connectivity index (χ1n) is 10.3. The van der Waals surface area contributed by atoms with Crippen LogP contribution in [0.25, 0.3) is 0 Å². The number of carbonyl (C=O) groups is 1. The van der Waals surface area contributed by atoms with Crippen molar-refractivity contribution in [1.29, 1.82) is 0 Å². The van der Waals surface area contributed by atoms with E-state index in [-0.39, 0.29) is 5.91 Å². The molecule has 8 nitrogen and oxygen atoms in total. The second-order valence-electron chi connectivity index (χ2n) is 7.37. The first kappa shape index (κ1) is 22.1. The Hall–Kier alpha value is -2.58. The maximum atomic E-state index is 12.6. The van der Waals surface area contributed by atoms with Gasteiger partial charge >= 0.3 is 0 Å². The summed E-state index contributed by atoms with van der Waals surface area (Å²) < 4.78 is 21.8. The topological polar surface area (TPSA) is 77.3 Å². The number of amides is 1. The van der Waals surface area contributed by atoms with Crippen molar-refractivity contribution in [3.8, 4) is 11.5 Å². The van der Waals surface area contributed by atoms with Crippen molar-refractivity contribution in [1.82, 2.24) is 14.8 Å². The lowest BCUT2D eigenvalue weighted by Gasteiger charge is -2.28. The van der Waals surface area contributed by atoms with Crippen molar-refractivity contribution in [2.45, 2.75) is 39.4 Å². The summed E-state index contributed by atoms with van der Waals surface area (Å²) in [4.78, 5) is 21.1. The largest absolute Gasteiger partial charge is 0.497 e. The number of aromatic nitrogens is 1. The summed E-state index contributed by atoms with van der Waals surface area (Å²) in [5.74, 6) is 1.95. The van der Waals surface area contributed by atoms with Crippen LogP contribution in [0.1, 0.15) is 42.2 Å². The van der Waals surface area contributed by atoms with Gasteiger partial charge in [-0.05, 0) is 19.4 Å². The highest BCUT2D eigenvalue weighted by Gasteiger charge is 2.23. The van der Waals surface area contributed by atoms with Crippen LogP contribution >= 0.6 is 0 Å². The Labute approximate surface area is 177 Å². The van der Waals surface area contributed by atoms with Gasteiger partial charge in [0.25, 0.3) is 5.91 Å².